The van der Waals surface area contributed by atoms with Crippen molar-refractivity contribution in [2.75, 3.05) is 12.6 Å². The van der Waals surface area contributed by atoms with Crippen LogP contribution in [0.3, 0.4) is 0 Å². The Balaban J connectivity index is -0.00000112. The van der Waals surface area contributed by atoms with Crippen molar-refractivity contribution in [2.45, 2.75) is 77.8 Å². The first-order chi connectivity index (χ1) is 6.76. The van der Waals surface area contributed by atoms with Crippen molar-refractivity contribution in [3.63, 3.8) is 0 Å². The van der Waals surface area contributed by atoms with Crippen LogP contribution in [0.4, 0.5) is 0 Å². The van der Waals surface area contributed by atoms with Crippen LogP contribution in [-0.4, -0.2) is 44.9 Å². The Kier molecular flexibility index (Phi) is 10.3. The summed E-state index contributed by atoms with van der Waals surface area (Å²) >= 11 is 0. The van der Waals surface area contributed by atoms with Gasteiger partial charge in [0.2, 0.25) is 0 Å². The molecule has 0 rings (SSSR count). The maximum atomic E-state index is 2.49. The van der Waals surface area contributed by atoms with Crippen molar-refractivity contribution in [2.24, 2.45) is 0 Å². The van der Waals surface area contributed by atoms with E-state index in [2.05, 4.69) is 69.0 Å². The predicted molar refractivity (Wildman–Crippen MR) is 95.4 cm³/mol. The minimum absolute atomic E-state index is 0. The van der Waals surface area contributed by atoms with Gasteiger partial charge < -0.3 is 0 Å². The average molecular weight is 284 g/mol. The summed E-state index contributed by atoms with van der Waals surface area (Å²) in [5.74, 6) is 1.46. The van der Waals surface area contributed by atoms with Gasteiger partial charge in [0.05, 0.1) is 0 Å². The van der Waals surface area contributed by atoms with E-state index in [1.54, 1.807) is 0 Å². The first-order valence-corrected chi connectivity index (χ1v) is 9.75. The number of rotatable bonds is 2. The second-order valence-electron chi connectivity index (χ2n) is 7.78. The molecular formula is C14H32B2P2. The van der Waals surface area contributed by atoms with E-state index in [0.717, 1.165) is 0 Å². The lowest BCUT2D eigenvalue weighted by molar-refractivity contribution is 0.708. The van der Waals surface area contributed by atoms with Gasteiger partial charge in [0.15, 0.2) is 0 Å². The molecule has 1 atom stereocenters. The Morgan fingerprint density at radius 1 is 0.611 bits per heavy atom. The molecule has 0 N–H and O–H groups in total. The fourth-order valence-corrected chi connectivity index (χ4v) is 10.7. The largest absolute Gasteiger partial charge is 0.0999 e. The van der Waals surface area contributed by atoms with Gasteiger partial charge in [0.25, 0.3) is 0 Å². The zero-order valence-corrected chi connectivity index (χ0v) is 16.0. The van der Waals surface area contributed by atoms with E-state index in [9.17, 15) is 0 Å². The van der Waals surface area contributed by atoms with Gasteiger partial charge in [-0.05, 0) is 28.0 Å². The molecule has 0 aliphatic heterocycles. The molecule has 1 unspecified atom stereocenters. The van der Waals surface area contributed by atoms with Crippen molar-refractivity contribution in [3.8, 4) is 0 Å². The molecule has 0 nitrogen and oxygen atoms in total. The molecule has 104 valence electrons. The zero-order chi connectivity index (χ0) is 13.4. The molecule has 0 heterocycles. The van der Waals surface area contributed by atoms with Gasteiger partial charge in [-0.1, -0.05) is 78.2 Å². The summed E-state index contributed by atoms with van der Waals surface area (Å²) in [6.07, 6.45) is 0. The smallest absolute Gasteiger partial charge is 0 e. The average Bonchev–Trinajstić information content (AvgIpc) is 1.92. The minimum Gasteiger partial charge on any atom is -0.0999 e. The summed E-state index contributed by atoms with van der Waals surface area (Å²) in [4.78, 5) is 0. The molecular weight excluding hydrogens is 252 g/mol. The lowest BCUT2D eigenvalue weighted by Gasteiger charge is -2.45. The lowest BCUT2D eigenvalue weighted by atomic mass is 10.2. The van der Waals surface area contributed by atoms with Crippen molar-refractivity contribution in [1.82, 2.24) is 0 Å². The van der Waals surface area contributed by atoms with E-state index in [1.165, 1.54) is 5.90 Å². The highest BCUT2D eigenvalue weighted by Gasteiger charge is 2.36. The third-order valence-electron chi connectivity index (χ3n) is 3.12. The Morgan fingerprint density at radius 2 is 0.889 bits per heavy atom. The fourth-order valence-electron chi connectivity index (χ4n) is 1.85. The summed E-state index contributed by atoms with van der Waals surface area (Å²) in [7, 11) is 0.222. The van der Waals surface area contributed by atoms with E-state index in [-0.39, 0.29) is 32.7 Å². The summed E-state index contributed by atoms with van der Waals surface area (Å²) in [5.41, 5.74) is 0. The fraction of sp³-hybridized carbons (Fsp3) is 1.00. The molecule has 0 amide bonds. The Labute approximate surface area is 123 Å². The second kappa shape index (κ2) is 7.69. The number of hydrogen-bond donors (Lipinski definition) is 0. The SMILES string of the molecule is CP(CP(C(C)(C)C)C(C)(C)C)C(C)(C)C.[B].[B]. The zero-order valence-electron chi connectivity index (χ0n) is 14.3. The van der Waals surface area contributed by atoms with Crippen LogP contribution in [0.2, 0.25) is 0 Å². The molecule has 0 spiro atoms. The maximum Gasteiger partial charge on any atom is 0 e. The van der Waals surface area contributed by atoms with Crippen LogP contribution in [0.5, 0.6) is 0 Å². The van der Waals surface area contributed by atoms with Crippen LogP contribution in [0.1, 0.15) is 62.3 Å². The lowest BCUT2D eigenvalue weighted by Crippen LogP contribution is -2.27. The third-order valence-corrected chi connectivity index (χ3v) is 11.5. The van der Waals surface area contributed by atoms with Crippen molar-refractivity contribution in [1.29, 1.82) is 0 Å². The van der Waals surface area contributed by atoms with Gasteiger partial charge in [-0.15, -0.1) is 0 Å². The normalized spacial score (nSPS) is 14.8. The summed E-state index contributed by atoms with van der Waals surface area (Å²) < 4.78 is 0. The monoisotopic (exact) mass is 284 g/mol. The van der Waals surface area contributed by atoms with Gasteiger partial charge in [-0.3, -0.25) is 0 Å². The van der Waals surface area contributed by atoms with E-state index < -0.39 is 0 Å². The quantitative estimate of drug-likeness (QED) is 0.484. The molecule has 4 heteroatoms. The molecule has 0 saturated carbocycles. The van der Waals surface area contributed by atoms with Crippen molar-refractivity contribution >= 4 is 32.7 Å². The van der Waals surface area contributed by atoms with Crippen LogP contribution in [0, 0.1) is 0 Å². The molecule has 6 radical (unpaired) electrons. The molecule has 0 bridgehead atoms. The van der Waals surface area contributed by atoms with Gasteiger partial charge in [0, 0.05) is 16.8 Å². The molecule has 0 aromatic carbocycles. The Morgan fingerprint density at radius 3 is 1.06 bits per heavy atom. The van der Waals surface area contributed by atoms with Crippen molar-refractivity contribution < 1.29 is 0 Å². The topological polar surface area (TPSA) is 0 Å². The molecule has 18 heavy (non-hydrogen) atoms. The third kappa shape index (κ3) is 8.22. The van der Waals surface area contributed by atoms with Crippen molar-refractivity contribution in [3.05, 3.63) is 0 Å². The first kappa shape index (κ1) is 24.0. The van der Waals surface area contributed by atoms with Gasteiger partial charge >= 0.3 is 0 Å². The van der Waals surface area contributed by atoms with E-state index >= 15 is 0 Å². The van der Waals surface area contributed by atoms with Crippen LogP contribution >= 0.6 is 15.8 Å². The first-order valence-electron chi connectivity index (χ1n) is 6.25. The van der Waals surface area contributed by atoms with E-state index in [4.69, 9.17) is 0 Å². The summed E-state index contributed by atoms with van der Waals surface area (Å²) in [5, 5.41) is 1.47. The molecule has 0 fully saturated rings. The summed E-state index contributed by atoms with van der Waals surface area (Å²) in [6.45, 7) is 24.2. The predicted octanol–water partition coefficient (Wildman–Crippen LogP) is 5.17. The van der Waals surface area contributed by atoms with Crippen LogP contribution in [0.25, 0.3) is 0 Å². The highest BCUT2D eigenvalue weighted by molar-refractivity contribution is 7.76. The second-order valence-corrected chi connectivity index (χ2v) is 15.2. The Bertz CT molecular complexity index is 207. The van der Waals surface area contributed by atoms with Gasteiger partial charge in [-0.2, -0.15) is 0 Å². The van der Waals surface area contributed by atoms with Gasteiger partial charge in [0.1, 0.15) is 0 Å². The molecule has 0 aliphatic carbocycles. The molecule has 0 saturated heterocycles. The highest BCUT2D eigenvalue weighted by atomic mass is 31.2. The highest BCUT2D eigenvalue weighted by Crippen LogP contribution is 2.66. The maximum absolute atomic E-state index is 2.49. The molecule has 0 aromatic rings. The standard InChI is InChI=1S/C14H32P2.2B/c1-12(2,3)15(10)11-16(13(4,5)6)14(7,8)9;;/h11H2,1-10H3;;. The van der Waals surface area contributed by atoms with Crippen LogP contribution < -0.4 is 0 Å². The van der Waals surface area contributed by atoms with Crippen LogP contribution in [-0.2, 0) is 0 Å². The van der Waals surface area contributed by atoms with E-state index in [0.29, 0.717) is 15.5 Å². The van der Waals surface area contributed by atoms with Gasteiger partial charge in [-0.25, -0.2) is 0 Å². The van der Waals surface area contributed by atoms with E-state index in [1.807, 2.05) is 0 Å². The Hall–Kier alpha value is 0.990. The van der Waals surface area contributed by atoms with Crippen LogP contribution in [0.15, 0.2) is 0 Å². The summed E-state index contributed by atoms with van der Waals surface area (Å²) in [6, 6.07) is 0. The minimum atomic E-state index is 0. The number of hydrogen-bond acceptors (Lipinski definition) is 0. The molecule has 0 aromatic heterocycles. The molecule has 0 aliphatic rings.